The van der Waals surface area contributed by atoms with Crippen LogP contribution in [0, 0.1) is 40.7 Å². The van der Waals surface area contributed by atoms with Gasteiger partial charge in [-0.2, -0.15) is 0 Å². The first kappa shape index (κ1) is 30.4. The minimum atomic E-state index is 0. The van der Waals surface area contributed by atoms with Gasteiger partial charge in [0.15, 0.2) is 0 Å². The van der Waals surface area contributed by atoms with Gasteiger partial charge in [-0.1, -0.05) is 65.8 Å². The van der Waals surface area contributed by atoms with Gasteiger partial charge in [-0.3, -0.25) is 0 Å². The quantitative estimate of drug-likeness (QED) is 0.193. The van der Waals surface area contributed by atoms with Gasteiger partial charge in [0.1, 0.15) is 0 Å². The number of rotatable bonds is 5. The molecule has 3 heteroatoms. The van der Waals surface area contributed by atoms with Crippen molar-refractivity contribution in [2.24, 2.45) is 28.6 Å². The fraction of sp³-hybridized carbons (Fsp3) is 0.405. The van der Waals surface area contributed by atoms with Gasteiger partial charge in [0.25, 0.3) is 0 Å². The van der Waals surface area contributed by atoms with Gasteiger partial charge in [0, 0.05) is 17.8 Å². The maximum atomic E-state index is 5.30. The fourth-order valence-corrected chi connectivity index (χ4v) is 6.37. The summed E-state index contributed by atoms with van der Waals surface area (Å²) in [4.78, 5) is 9.93. The molecule has 0 N–H and O–H groups in total. The number of nitrogens with zero attached hydrogens (tertiary/aromatic N) is 2. The molecule has 210 valence electrons. The molecule has 0 bridgehead atoms. The second-order valence-corrected chi connectivity index (χ2v) is 13.5. The van der Waals surface area contributed by atoms with Crippen LogP contribution in [0.2, 0.25) is 0 Å². The fourth-order valence-electron chi connectivity index (χ4n) is 6.37. The molecule has 0 aliphatic heterocycles. The maximum Gasteiger partial charge on any atom is 2.00 e. The number of hydrogen-bond acceptors (Lipinski definition) is 2. The van der Waals surface area contributed by atoms with Crippen molar-refractivity contribution in [3.05, 3.63) is 108 Å². The van der Waals surface area contributed by atoms with E-state index in [2.05, 4.69) is 113 Å². The molecular weight excluding hydrogens is 667 g/mol. The summed E-state index contributed by atoms with van der Waals surface area (Å²) in [5, 5.41) is 0. The van der Waals surface area contributed by atoms with Gasteiger partial charge in [0.2, 0.25) is 0 Å². The number of benzene rings is 2. The zero-order chi connectivity index (χ0) is 27.6. The van der Waals surface area contributed by atoms with E-state index in [0.29, 0.717) is 17.8 Å². The largest absolute Gasteiger partial charge is 2.00 e. The second-order valence-electron chi connectivity index (χ2n) is 13.5. The van der Waals surface area contributed by atoms with Crippen LogP contribution in [0.15, 0.2) is 85.1 Å². The summed E-state index contributed by atoms with van der Waals surface area (Å²) in [7, 11) is 0. The molecule has 0 saturated heterocycles. The Kier molecular flexibility index (Phi) is 9.51. The van der Waals surface area contributed by atoms with Crippen LogP contribution in [0.5, 0.6) is 0 Å². The van der Waals surface area contributed by atoms with Gasteiger partial charge in [-0.05, 0) is 71.4 Å². The third-order valence-corrected chi connectivity index (χ3v) is 8.83. The second kappa shape index (κ2) is 12.5. The van der Waals surface area contributed by atoms with Crippen molar-refractivity contribution in [2.45, 2.75) is 66.7 Å². The maximum absolute atomic E-state index is 5.30. The molecule has 1 aliphatic rings. The molecule has 4 aromatic rings. The predicted octanol–water partition coefficient (Wildman–Crippen LogP) is 9.67. The molecule has 0 radical (unpaired) electrons. The van der Waals surface area contributed by atoms with Crippen LogP contribution in [-0.2, 0) is 21.1 Å². The predicted molar refractivity (Wildman–Crippen MR) is 162 cm³/mol. The molecule has 1 saturated carbocycles. The van der Waals surface area contributed by atoms with Crippen LogP contribution < -0.4 is 0 Å². The van der Waals surface area contributed by atoms with Crippen molar-refractivity contribution < 1.29 is 21.1 Å². The molecule has 2 aromatic heterocycles. The average Bonchev–Trinajstić information content (AvgIpc) is 2.93. The van der Waals surface area contributed by atoms with Crippen molar-refractivity contribution >= 4 is 0 Å². The van der Waals surface area contributed by atoms with Crippen molar-refractivity contribution in [3.63, 3.8) is 0 Å². The minimum absolute atomic E-state index is 0. The Morgan fingerprint density at radius 1 is 0.700 bits per heavy atom. The van der Waals surface area contributed by atoms with Gasteiger partial charge in [-0.15, -0.1) is 71.3 Å². The normalized spacial score (nSPS) is 20.4. The zero-order valence-electron chi connectivity index (χ0n) is 24.7. The van der Waals surface area contributed by atoms with E-state index >= 15 is 0 Å². The van der Waals surface area contributed by atoms with Crippen LogP contribution in [0.4, 0.5) is 0 Å². The molecule has 0 amide bonds. The van der Waals surface area contributed by atoms with E-state index < -0.39 is 0 Å². The van der Waals surface area contributed by atoms with Crippen molar-refractivity contribution in [3.8, 4) is 22.5 Å². The van der Waals surface area contributed by atoms with E-state index in [1.165, 1.54) is 24.8 Å². The minimum Gasteiger partial charge on any atom is -0.305 e. The summed E-state index contributed by atoms with van der Waals surface area (Å²) in [5.74, 6) is 1.96. The van der Waals surface area contributed by atoms with Gasteiger partial charge in [0.05, 0.1) is 0 Å². The molecule has 5 rings (SSSR count). The van der Waals surface area contributed by atoms with E-state index in [9.17, 15) is 0 Å². The first-order valence-electron chi connectivity index (χ1n) is 14.5. The summed E-state index contributed by atoms with van der Waals surface area (Å²) in [5.41, 5.74) is 6.89. The molecule has 3 atom stereocenters. The first-order chi connectivity index (χ1) is 18.6. The van der Waals surface area contributed by atoms with Crippen LogP contribution in [0.1, 0.15) is 78.0 Å². The van der Waals surface area contributed by atoms with Crippen molar-refractivity contribution in [2.75, 3.05) is 0 Å². The molecular formula is C37H42N2Pt. The Morgan fingerprint density at radius 2 is 1.35 bits per heavy atom. The van der Waals surface area contributed by atoms with Crippen molar-refractivity contribution in [1.82, 2.24) is 9.97 Å². The molecule has 1 fully saturated rings. The standard InChI is InChI=1S/C37H42N2.Pt/c1-36(2,3)30-23-29(24-31(25-30)37(4,5)6)35(28-17-12-16-27(22-28)32-18-10-11-21-38-32)34-20-13-19-33(39-34)26-14-8-7-9-15-26;/h7-14,16-21,29-31,35H,23-25H2,1-6H3;/q-2;+2. The molecule has 1 aliphatic carbocycles. The SMILES string of the molecule is CC(C)(C)C1CC(C(c2[c-]c(-c3ccccn3)ccc2)c2cccc(-c3[c-]cccc3)n2)CC(C(C)(C)C)C1.[Pt+2]. The molecule has 2 aromatic carbocycles. The molecule has 0 spiro atoms. The topological polar surface area (TPSA) is 25.8 Å². The van der Waals surface area contributed by atoms with E-state index in [4.69, 9.17) is 4.98 Å². The van der Waals surface area contributed by atoms with Gasteiger partial charge in [-0.25, -0.2) is 0 Å². The van der Waals surface area contributed by atoms with E-state index in [1.807, 2.05) is 30.5 Å². The summed E-state index contributed by atoms with van der Waals surface area (Å²) >= 11 is 0. The van der Waals surface area contributed by atoms with Crippen LogP contribution in [-0.4, -0.2) is 9.97 Å². The Balaban J connectivity index is 0.00000370. The van der Waals surface area contributed by atoms with Crippen LogP contribution in [0.25, 0.3) is 22.5 Å². The monoisotopic (exact) mass is 709 g/mol. The Morgan fingerprint density at radius 3 is 1.98 bits per heavy atom. The number of hydrogen-bond donors (Lipinski definition) is 0. The number of aromatic nitrogens is 2. The smallest absolute Gasteiger partial charge is 0.305 e. The third-order valence-electron chi connectivity index (χ3n) is 8.83. The van der Waals surface area contributed by atoms with E-state index in [1.54, 1.807) is 0 Å². The van der Waals surface area contributed by atoms with Gasteiger partial charge >= 0.3 is 21.1 Å². The Hall–Kier alpha value is -2.57. The zero-order valence-corrected chi connectivity index (χ0v) is 27.0. The average molecular weight is 710 g/mol. The van der Waals surface area contributed by atoms with E-state index in [-0.39, 0.29) is 37.8 Å². The molecule has 40 heavy (non-hydrogen) atoms. The molecule has 3 unspecified atom stereocenters. The van der Waals surface area contributed by atoms with Crippen LogP contribution >= 0.6 is 0 Å². The summed E-state index contributed by atoms with van der Waals surface area (Å²) in [6.45, 7) is 14.5. The Labute approximate surface area is 256 Å². The summed E-state index contributed by atoms with van der Waals surface area (Å²) in [6, 6.07) is 34.5. The Bertz CT molecular complexity index is 1260. The summed E-state index contributed by atoms with van der Waals surface area (Å²) < 4.78 is 0. The number of pyridine rings is 2. The molecule has 2 heterocycles. The first-order valence-corrected chi connectivity index (χ1v) is 14.5. The summed E-state index contributed by atoms with van der Waals surface area (Å²) in [6.07, 6.45) is 5.55. The van der Waals surface area contributed by atoms with Gasteiger partial charge < -0.3 is 9.97 Å². The third kappa shape index (κ3) is 7.00. The van der Waals surface area contributed by atoms with Crippen molar-refractivity contribution in [1.29, 1.82) is 0 Å². The van der Waals surface area contributed by atoms with E-state index in [0.717, 1.165) is 28.2 Å². The molecule has 2 nitrogen and oxygen atoms in total. The van der Waals surface area contributed by atoms with Crippen LogP contribution in [0.3, 0.4) is 0 Å².